The Morgan fingerprint density at radius 3 is 2.30 bits per heavy atom. The summed E-state index contributed by atoms with van der Waals surface area (Å²) < 4.78 is 26.9. The third kappa shape index (κ3) is 3.68. The van der Waals surface area contributed by atoms with Gasteiger partial charge in [0.05, 0.1) is 4.90 Å². The van der Waals surface area contributed by atoms with Gasteiger partial charge in [0.1, 0.15) is 0 Å². The van der Waals surface area contributed by atoms with E-state index in [2.05, 4.69) is 10.6 Å². The first-order valence-electron chi connectivity index (χ1n) is 7.61. The van der Waals surface area contributed by atoms with Crippen molar-refractivity contribution in [3.63, 3.8) is 0 Å². The summed E-state index contributed by atoms with van der Waals surface area (Å²) in [6.07, 6.45) is 0.393. The topological polar surface area (TPSA) is 78.5 Å². The van der Waals surface area contributed by atoms with Crippen LogP contribution >= 0.6 is 12.4 Å². The molecule has 0 bridgehead atoms. The van der Waals surface area contributed by atoms with Crippen molar-refractivity contribution in [1.82, 2.24) is 9.62 Å². The zero-order chi connectivity index (χ0) is 15.7. The van der Waals surface area contributed by atoms with E-state index in [-0.39, 0.29) is 23.2 Å². The number of carbonyl (C=O) groups is 1. The van der Waals surface area contributed by atoms with Crippen molar-refractivity contribution in [1.29, 1.82) is 0 Å². The summed E-state index contributed by atoms with van der Waals surface area (Å²) in [4.78, 5) is 11.6. The van der Waals surface area contributed by atoms with Gasteiger partial charge in [0.2, 0.25) is 15.9 Å². The summed E-state index contributed by atoms with van der Waals surface area (Å²) in [5.41, 5.74) is 0.619. The van der Waals surface area contributed by atoms with Gasteiger partial charge in [0.25, 0.3) is 0 Å². The fourth-order valence-corrected chi connectivity index (χ4v) is 4.67. The number of nitrogens with zero attached hydrogens (tertiary/aromatic N) is 1. The molecule has 3 rings (SSSR count). The third-order valence-electron chi connectivity index (χ3n) is 4.45. The number of amides is 1. The van der Waals surface area contributed by atoms with Crippen molar-refractivity contribution in [2.45, 2.75) is 18.2 Å². The van der Waals surface area contributed by atoms with Crippen LogP contribution in [0.25, 0.3) is 0 Å². The van der Waals surface area contributed by atoms with Crippen LogP contribution in [0.3, 0.4) is 0 Å². The molecule has 0 saturated carbocycles. The van der Waals surface area contributed by atoms with Crippen LogP contribution in [0.2, 0.25) is 0 Å². The van der Waals surface area contributed by atoms with Gasteiger partial charge in [-0.3, -0.25) is 4.79 Å². The molecule has 0 unspecified atom stereocenters. The fraction of sp³-hybridized carbons (Fsp3) is 0.533. The highest BCUT2D eigenvalue weighted by molar-refractivity contribution is 7.89. The maximum Gasteiger partial charge on any atom is 0.243 e. The zero-order valence-corrected chi connectivity index (χ0v) is 14.6. The molecule has 2 aliphatic rings. The van der Waals surface area contributed by atoms with Gasteiger partial charge in [-0.2, -0.15) is 4.31 Å². The van der Waals surface area contributed by atoms with E-state index in [0.717, 1.165) is 13.1 Å². The molecule has 0 aromatic heterocycles. The quantitative estimate of drug-likeness (QED) is 0.849. The minimum absolute atomic E-state index is 0. The van der Waals surface area contributed by atoms with Gasteiger partial charge in [-0.25, -0.2) is 8.42 Å². The molecule has 1 aromatic rings. The first-order valence-corrected chi connectivity index (χ1v) is 9.05. The van der Waals surface area contributed by atoms with Crippen molar-refractivity contribution in [3.8, 4) is 0 Å². The lowest BCUT2D eigenvalue weighted by Crippen LogP contribution is -2.31. The van der Waals surface area contributed by atoms with Gasteiger partial charge >= 0.3 is 0 Å². The Labute approximate surface area is 143 Å². The number of hydrogen-bond donors (Lipinski definition) is 2. The summed E-state index contributed by atoms with van der Waals surface area (Å²) >= 11 is 0. The molecular weight excluding hydrogens is 338 g/mol. The van der Waals surface area contributed by atoms with Crippen LogP contribution in [0.5, 0.6) is 0 Å². The lowest BCUT2D eigenvalue weighted by molar-refractivity contribution is -0.115. The molecular formula is C15H22ClN3O3S. The monoisotopic (exact) mass is 359 g/mol. The van der Waals surface area contributed by atoms with Gasteiger partial charge < -0.3 is 10.6 Å². The molecule has 0 aliphatic carbocycles. The number of sulfonamides is 1. The number of carbonyl (C=O) groups excluding carboxylic acids is 1. The van der Waals surface area contributed by atoms with E-state index < -0.39 is 10.0 Å². The van der Waals surface area contributed by atoms with E-state index in [4.69, 9.17) is 0 Å². The zero-order valence-electron chi connectivity index (χ0n) is 13.0. The van der Waals surface area contributed by atoms with Crippen LogP contribution in [0.4, 0.5) is 5.69 Å². The van der Waals surface area contributed by atoms with Gasteiger partial charge in [-0.15, -0.1) is 12.4 Å². The van der Waals surface area contributed by atoms with Crippen LogP contribution in [0.15, 0.2) is 29.2 Å². The molecule has 128 valence electrons. The SMILES string of the molecule is CCC(=O)Nc1ccc(S(=O)(=O)N2C[C@H]3CNC[C@H]3C2)cc1.Cl. The molecule has 0 spiro atoms. The lowest BCUT2D eigenvalue weighted by atomic mass is 10.0. The average Bonchev–Trinajstić information content (AvgIpc) is 3.09. The van der Waals surface area contributed by atoms with Crippen LogP contribution in [-0.4, -0.2) is 44.8 Å². The Bertz CT molecular complexity index is 651. The third-order valence-corrected chi connectivity index (χ3v) is 6.30. The second kappa shape index (κ2) is 7.17. The molecule has 2 heterocycles. The highest BCUT2D eigenvalue weighted by Crippen LogP contribution is 2.31. The number of rotatable bonds is 4. The van der Waals surface area contributed by atoms with Crippen molar-refractivity contribution < 1.29 is 13.2 Å². The Balaban J connectivity index is 0.00000192. The normalized spacial score (nSPS) is 24.0. The molecule has 2 aliphatic heterocycles. The van der Waals surface area contributed by atoms with Crippen LogP contribution in [0, 0.1) is 11.8 Å². The number of anilines is 1. The van der Waals surface area contributed by atoms with Crippen molar-refractivity contribution in [2.75, 3.05) is 31.5 Å². The largest absolute Gasteiger partial charge is 0.326 e. The average molecular weight is 360 g/mol. The van der Waals surface area contributed by atoms with Crippen LogP contribution < -0.4 is 10.6 Å². The van der Waals surface area contributed by atoms with E-state index in [1.54, 1.807) is 35.5 Å². The molecule has 1 aromatic carbocycles. The van der Waals surface area contributed by atoms with Crippen molar-refractivity contribution in [3.05, 3.63) is 24.3 Å². The van der Waals surface area contributed by atoms with Crippen molar-refractivity contribution in [2.24, 2.45) is 11.8 Å². The fourth-order valence-electron chi connectivity index (χ4n) is 3.12. The molecule has 23 heavy (non-hydrogen) atoms. The number of nitrogens with one attached hydrogen (secondary N) is 2. The van der Waals surface area contributed by atoms with Gasteiger partial charge in [-0.05, 0) is 49.2 Å². The predicted molar refractivity (Wildman–Crippen MR) is 91.2 cm³/mol. The molecule has 2 saturated heterocycles. The Hall–Kier alpha value is -1.15. The molecule has 2 N–H and O–H groups in total. The standard InChI is InChI=1S/C15H21N3O3S.ClH/c1-2-15(19)17-13-3-5-14(6-4-13)22(20,21)18-9-11-7-16-8-12(11)10-18;/h3-6,11-12,16H,2,7-10H2,1H3,(H,17,19);1H/t11-,12+;. The Kier molecular flexibility index (Phi) is 5.67. The van der Waals surface area contributed by atoms with Crippen LogP contribution in [-0.2, 0) is 14.8 Å². The van der Waals surface area contributed by atoms with Crippen LogP contribution in [0.1, 0.15) is 13.3 Å². The summed E-state index contributed by atoms with van der Waals surface area (Å²) in [5, 5.41) is 6.02. The van der Waals surface area contributed by atoms with E-state index in [1.165, 1.54) is 0 Å². The van der Waals surface area contributed by atoms with E-state index in [9.17, 15) is 13.2 Å². The van der Waals surface area contributed by atoms with E-state index in [1.807, 2.05) is 0 Å². The smallest absolute Gasteiger partial charge is 0.243 e. The minimum atomic E-state index is -3.44. The Morgan fingerprint density at radius 1 is 1.22 bits per heavy atom. The second-order valence-corrected chi connectivity index (χ2v) is 7.86. The molecule has 8 heteroatoms. The van der Waals surface area contributed by atoms with E-state index >= 15 is 0 Å². The number of benzene rings is 1. The number of fused-ring (bicyclic) bond motifs is 1. The first kappa shape index (κ1) is 18.2. The summed E-state index contributed by atoms with van der Waals surface area (Å²) in [5.74, 6) is 0.770. The maximum atomic E-state index is 12.7. The van der Waals surface area contributed by atoms with Gasteiger partial charge in [-0.1, -0.05) is 6.92 Å². The lowest BCUT2D eigenvalue weighted by Gasteiger charge is -2.17. The van der Waals surface area contributed by atoms with Crippen molar-refractivity contribution >= 4 is 34.0 Å². The molecule has 2 fully saturated rings. The molecule has 0 radical (unpaired) electrons. The van der Waals surface area contributed by atoms with Gasteiger partial charge in [0, 0.05) is 25.2 Å². The molecule has 1 amide bonds. The maximum absolute atomic E-state index is 12.7. The number of hydrogen-bond acceptors (Lipinski definition) is 4. The predicted octanol–water partition coefficient (Wildman–Crippen LogP) is 1.30. The summed E-state index contributed by atoms with van der Waals surface area (Å²) in [7, 11) is -3.44. The van der Waals surface area contributed by atoms with Gasteiger partial charge in [0.15, 0.2) is 0 Å². The van der Waals surface area contributed by atoms with E-state index in [0.29, 0.717) is 37.0 Å². The number of halogens is 1. The Morgan fingerprint density at radius 2 is 1.78 bits per heavy atom. The second-order valence-electron chi connectivity index (χ2n) is 5.93. The highest BCUT2D eigenvalue weighted by Gasteiger charge is 2.41. The molecule has 2 atom stereocenters. The first-order chi connectivity index (χ1) is 10.5. The summed E-state index contributed by atoms with van der Waals surface area (Å²) in [6.45, 7) is 4.76. The highest BCUT2D eigenvalue weighted by atomic mass is 35.5. The molecule has 6 nitrogen and oxygen atoms in total. The minimum Gasteiger partial charge on any atom is -0.326 e. The summed E-state index contributed by atoms with van der Waals surface area (Å²) in [6, 6.07) is 6.40.